The van der Waals surface area contributed by atoms with Gasteiger partial charge in [-0.3, -0.25) is 14.4 Å². The summed E-state index contributed by atoms with van der Waals surface area (Å²) in [6.45, 7) is 3.83. The Morgan fingerprint density at radius 3 is 2.57 bits per heavy atom. The van der Waals surface area contributed by atoms with E-state index in [1.54, 1.807) is 6.92 Å². The summed E-state index contributed by atoms with van der Waals surface area (Å²) in [5, 5.41) is 14.9. The lowest BCUT2D eigenvalue weighted by atomic mass is 9.85. The quantitative estimate of drug-likeness (QED) is 0.591. The Balaban J connectivity index is 2.22. The monoisotopic (exact) mass is 298 g/mol. The molecule has 0 aromatic rings. The minimum absolute atomic E-state index is 0.0399. The standard InChI is InChI=1S/C15H26N2O4/c1-11(18)16-10-5-3-4-8-13(19)17-12-7-6-9-15(12,2)14(20)21/h12H,3-10H2,1-2H3,(H,16,18)(H,17,19)(H,20,21). The van der Waals surface area contributed by atoms with Gasteiger partial charge in [0.15, 0.2) is 0 Å². The number of carbonyl (C=O) groups is 3. The van der Waals surface area contributed by atoms with Crippen molar-refractivity contribution in [2.24, 2.45) is 5.41 Å². The summed E-state index contributed by atoms with van der Waals surface area (Å²) >= 11 is 0. The minimum atomic E-state index is -0.833. The van der Waals surface area contributed by atoms with E-state index in [1.807, 2.05) is 0 Å². The van der Waals surface area contributed by atoms with Gasteiger partial charge in [0.05, 0.1) is 5.41 Å². The predicted molar refractivity (Wildman–Crippen MR) is 78.7 cm³/mol. The van der Waals surface area contributed by atoms with E-state index >= 15 is 0 Å². The van der Waals surface area contributed by atoms with Crippen LogP contribution in [-0.4, -0.2) is 35.5 Å². The van der Waals surface area contributed by atoms with Crippen molar-refractivity contribution < 1.29 is 19.5 Å². The summed E-state index contributed by atoms with van der Waals surface area (Å²) in [7, 11) is 0. The smallest absolute Gasteiger partial charge is 0.311 e. The zero-order valence-corrected chi connectivity index (χ0v) is 12.9. The second-order valence-corrected chi connectivity index (χ2v) is 6.03. The molecule has 2 atom stereocenters. The molecule has 1 fully saturated rings. The fourth-order valence-corrected chi connectivity index (χ4v) is 2.77. The van der Waals surface area contributed by atoms with Gasteiger partial charge in [0, 0.05) is 25.9 Å². The van der Waals surface area contributed by atoms with Crippen molar-refractivity contribution in [1.82, 2.24) is 10.6 Å². The Bertz CT molecular complexity index is 397. The van der Waals surface area contributed by atoms with E-state index in [4.69, 9.17) is 0 Å². The molecule has 21 heavy (non-hydrogen) atoms. The second-order valence-electron chi connectivity index (χ2n) is 6.03. The Morgan fingerprint density at radius 1 is 1.24 bits per heavy atom. The Kier molecular flexibility index (Phi) is 6.65. The first-order chi connectivity index (χ1) is 9.86. The molecule has 6 nitrogen and oxygen atoms in total. The van der Waals surface area contributed by atoms with E-state index in [1.165, 1.54) is 6.92 Å². The van der Waals surface area contributed by atoms with Crippen LogP contribution in [0.15, 0.2) is 0 Å². The first-order valence-corrected chi connectivity index (χ1v) is 7.63. The largest absolute Gasteiger partial charge is 0.481 e. The number of hydrogen-bond donors (Lipinski definition) is 3. The fourth-order valence-electron chi connectivity index (χ4n) is 2.77. The van der Waals surface area contributed by atoms with Gasteiger partial charge in [-0.15, -0.1) is 0 Å². The van der Waals surface area contributed by atoms with Crippen LogP contribution in [0, 0.1) is 5.41 Å². The molecular weight excluding hydrogens is 272 g/mol. The molecule has 0 spiro atoms. The molecular formula is C15H26N2O4. The highest BCUT2D eigenvalue weighted by Gasteiger charge is 2.45. The predicted octanol–water partition coefficient (Wildman–Crippen LogP) is 1.44. The third kappa shape index (κ3) is 5.36. The van der Waals surface area contributed by atoms with Crippen molar-refractivity contribution >= 4 is 17.8 Å². The van der Waals surface area contributed by atoms with Crippen LogP contribution in [0.25, 0.3) is 0 Å². The van der Waals surface area contributed by atoms with Gasteiger partial charge in [-0.2, -0.15) is 0 Å². The molecule has 1 aliphatic rings. The van der Waals surface area contributed by atoms with Crippen molar-refractivity contribution in [2.75, 3.05) is 6.54 Å². The molecule has 120 valence electrons. The summed E-state index contributed by atoms with van der Waals surface area (Å²) in [5.74, 6) is -0.948. The molecule has 0 aromatic carbocycles. The van der Waals surface area contributed by atoms with Gasteiger partial charge in [-0.25, -0.2) is 0 Å². The Hall–Kier alpha value is -1.59. The maximum atomic E-state index is 11.9. The zero-order chi connectivity index (χ0) is 15.9. The summed E-state index contributed by atoms with van der Waals surface area (Å²) in [6, 6.07) is -0.262. The number of carbonyl (C=O) groups excluding carboxylic acids is 2. The molecule has 0 radical (unpaired) electrons. The van der Waals surface area contributed by atoms with Crippen molar-refractivity contribution in [3.63, 3.8) is 0 Å². The van der Waals surface area contributed by atoms with Gasteiger partial charge in [-0.1, -0.05) is 12.8 Å². The number of carboxylic acid groups (broad SMARTS) is 1. The van der Waals surface area contributed by atoms with E-state index in [0.29, 0.717) is 19.4 Å². The Morgan fingerprint density at radius 2 is 1.95 bits per heavy atom. The van der Waals surface area contributed by atoms with Crippen LogP contribution in [0.1, 0.15) is 58.8 Å². The first-order valence-electron chi connectivity index (χ1n) is 7.63. The normalized spacial score (nSPS) is 24.6. The third-order valence-corrected chi connectivity index (χ3v) is 4.24. The highest BCUT2D eigenvalue weighted by Crippen LogP contribution is 2.38. The van der Waals surface area contributed by atoms with E-state index in [-0.39, 0.29) is 17.9 Å². The van der Waals surface area contributed by atoms with Gasteiger partial charge in [0.2, 0.25) is 11.8 Å². The summed E-state index contributed by atoms with van der Waals surface area (Å²) in [5.41, 5.74) is -0.832. The Labute approximate surface area is 125 Å². The number of carboxylic acids is 1. The number of aliphatic carboxylic acids is 1. The molecule has 6 heteroatoms. The van der Waals surface area contributed by atoms with Crippen molar-refractivity contribution in [1.29, 1.82) is 0 Å². The van der Waals surface area contributed by atoms with E-state index in [2.05, 4.69) is 10.6 Å². The van der Waals surface area contributed by atoms with E-state index < -0.39 is 11.4 Å². The maximum absolute atomic E-state index is 11.9. The average Bonchev–Trinajstić information content (AvgIpc) is 2.76. The van der Waals surface area contributed by atoms with Gasteiger partial charge < -0.3 is 15.7 Å². The first kappa shape index (κ1) is 17.5. The molecule has 0 saturated heterocycles. The number of unbranched alkanes of at least 4 members (excludes halogenated alkanes) is 2. The summed E-state index contributed by atoms with van der Waals surface area (Å²) in [4.78, 5) is 33.9. The molecule has 0 bridgehead atoms. The molecule has 1 rings (SSSR count). The van der Waals surface area contributed by atoms with Gasteiger partial charge in [0.25, 0.3) is 0 Å². The lowest BCUT2D eigenvalue weighted by Crippen LogP contribution is -2.47. The highest BCUT2D eigenvalue weighted by molar-refractivity contribution is 5.80. The summed E-state index contributed by atoms with van der Waals surface area (Å²) in [6.07, 6.45) is 5.07. The molecule has 1 aliphatic carbocycles. The van der Waals surface area contributed by atoms with Crippen LogP contribution < -0.4 is 10.6 Å². The van der Waals surface area contributed by atoms with Crippen LogP contribution in [0.5, 0.6) is 0 Å². The number of amides is 2. The second kappa shape index (κ2) is 8.00. The molecule has 0 aliphatic heterocycles. The fraction of sp³-hybridized carbons (Fsp3) is 0.800. The molecule has 2 unspecified atom stereocenters. The highest BCUT2D eigenvalue weighted by atomic mass is 16.4. The van der Waals surface area contributed by atoms with Crippen LogP contribution in [-0.2, 0) is 14.4 Å². The van der Waals surface area contributed by atoms with E-state index in [9.17, 15) is 19.5 Å². The molecule has 0 aromatic heterocycles. The van der Waals surface area contributed by atoms with Gasteiger partial charge in [0.1, 0.15) is 0 Å². The molecule has 1 saturated carbocycles. The topological polar surface area (TPSA) is 95.5 Å². The molecule has 3 N–H and O–H groups in total. The third-order valence-electron chi connectivity index (χ3n) is 4.24. The van der Waals surface area contributed by atoms with Gasteiger partial charge in [-0.05, 0) is 32.6 Å². The minimum Gasteiger partial charge on any atom is -0.481 e. The van der Waals surface area contributed by atoms with Crippen molar-refractivity contribution in [3.05, 3.63) is 0 Å². The van der Waals surface area contributed by atoms with Crippen LogP contribution in [0.2, 0.25) is 0 Å². The van der Waals surface area contributed by atoms with Crippen molar-refractivity contribution in [2.45, 2.75) is 64.8 Å². The summed E-state index contributed by atoms with van der Waals surface area (Å²) < 4.78 is 0. The molecule has 0 heterocycles. The number of hydrogen-bond acceptors (Lipinski definition) is 3. The van der Waals surface area contributed by atoms with E-state index in [0.717, 1.165) is 32.1 Å². The van der Waals surface area contributed by atoms with Gasteiger partial charge >= 0.3 is 5.97 Å². The lowest BCUT2D eigenvalue weighted by Gasteiger charge is -2.27. The number of rotatable bonds is 8. The average molecular weight is 298 g/mol. The van der Waals surface area contributed by atoms with Crippen LogP contribution >= 0.6 is 0 Å². The van der Waals surface area contributed by atoms with Crippen LogP contribution in [0.3, 0.4) is 0 Å². The zero-order valence-electron chi connectivity index (χ0n) is 12.9. The number of nitrogens with one attached hydrogen (secondary N) is 2. The van der Waals surface area contributed by atoms with Crippen molar-refractivity contribution in [3.8, 4) is 0 Å². The lowest BCUT2D eigenvalue weighted by molar-refractivity contribution is -0.149. The molecule has 2 amide bonds. The SMILES string of the molecule is CC(=O)NCCCCCC(=O)NC1CCCC1(C)C(=O)O. The van der Waals surface area contributed by atoms with Crippen LogP contribution in [0.4, 0.5) is 0 Å². The maximum Gasteiger partial charge on any atom is 0.311 e.